The Labute approximate surface area is 256 Å². The minimum atomic E-state index is -0.472. The number of carbonyl (C=O) groups is 1. The van der Waals surface area contributed by atoms with Crippen molar-refractivity contribution in [3.05, 3.63) is 93.5 Å². The van der Waals surface area contributed by atoms with E-state index in [0.29, 0.717) is 29.0 Å². The van der Waals surface area contributed by atoms with Crippen molar-refractivity contribution in [3.63, 3.8) is 0 Å². The van der Waals surface area contributed by atoms with Crippen molar-refractivity contribution >= 4 is 34.8 Å². The molecule has 3 N–H and O–H groups in total. The van der Waals surface area contributed by atoms with Gasteiger partial charge in [0.15, 0.2) is 0 Å². The second-order valence-corrected chi connectivity index (χ2v) is 13.4. The summed E-state index contributed by atoms with van der Waals surface area (Å²) in [6.45, 7) is 8.13. The van der Waals surface area contributed by atoms with Crippen molar-refractivity contribution < 1.29 is 4.79 Å². The van der Waals surface area contributed by atoms with Crippen LogP contribution in [0.3, 0.4) is 0 Å². The average molecular weight is 605 g/mol. The van der Waals surface area contributed by atoms with Crippen molar-refractivity contribution in [2.45, 2.75) is 57.2 Å². The van der Waals surface area contributed by atoms with E-state index in [0.717, 1.165) is 34.4 Å². The quantitative estimate of drug-likeness (QED) is 0.260. The van der Waals surface area contributed by atoms with Gasteiger partial charge in [-0.3, -0.25) is 4.79 Å². The van der Waals surface area contributed by atoms with Crippen molar-refractivity contribution in [2.75, 3.05) is 18.5 Å². The molecule has 2 aliphatic rings. The number of fused-ring (bicyclic) bond motifs is 2. The fourth-order valence-electron chi connectivity index (χ4n) is 7.01. The Kier molecular flexibility index (Phi) is 7.50. The van der Waals surface area contributed by atoms with Gasteiger partial charge >= 0.3 is 0 Å². The van der Waals surface area contributed by atoms with E-state index in [9.17, 15) is 4.79 Å². The number of halogens is 2. The third-order valence-corrected chi connectivity index (χ3v) is 9.24. The van der Waals surface area contributed by atoms with Crippen LogP contribution >= 0.6 is 23.2 Å². The van der Waals surface area contributed by atoms with Crippen molar-refractivity contribution in [1.82, 2.24) is 31.3 Å². The molecule has 3 aromatic carbocycles. The minimum absolute atomic E-state index is 0.00439. The normalized spacial score (nSPS) is 23.4. The van der Waals surface area contributed by atoms with Crippen molar-refractivity contribution in [2.24, 2.45) is 5.41 Å². The van der Waals surface area contributed by atoms with Crippen LogP contribution in [0.5, 0.6) is 0 Å². The first-order valence-electron chi connectivity index (χ1n) is 14.2. The fraction of sp³-hybridized carbons (Fsp3) is 0.375. The lowest BCUT2D eigenvalue weighted by Gasteiger charge is -2.40. The Morgan fingerprint density at radius 3 is 2.52 bits per heavy atom. The molecule has 0 radical (unpaired) electrons. The maximum absolute atomic E-state index is 13.6. The second-order valence-electron chi connectivity index (χ2n) is 12.6. The summed E-state index contributed by atoms with van der Waals surface area (Å²) < 4.78 is 0. The molecule has 8 nitrogen and oxygen atoms in total. The van der Waals surface area contributed by atoms with E-state index in [1.165, 1.54) is 0 Å². The third kappa shape index (κ3) is 5.06. The number of aromatic nitrogens is 4. The number of hydrogen-bond acceptors (Lipinski definition) is 6. The highest BCUT2D eigenvalue weighted by Gasteiger charge is 2.62. The number of likely N-dealkylation sites (N-methyl/N-ethyl adjacent to an activating group) is 1. The Morgan fingerprint density at radius 1 is 1.10 bits per heavy atom. The van der Waals surface area contributed by atoms with Crippen molar-refractivity contribution in [3.8, 4) is 11.4 Å². The summed E-state index contributed by atoms with van der Waals surface area (Å²) >= 11 is 13.7. The monoisotopic (exact) mass is 603 g/mol. The van der Waals surface area contributed by atoms with Gasteiger partial charge in [-0.1, -0.05) is 86.4 Å². The minimum Gasteiger partial charge on any atom is -0.366 e. The molecule has 3 heterocycles. The standard InChI is InChI=1S/C32H35Cl2N7O/c1-31(2,3)16-26-32(27(28(36-26)30(42)35-4)22-7-5-6-8-24(22)34)18-41(25-14-13-21(33)15-23(25)32)17-19-9-11-20(12-10-19)29-37-39-40-38-29/h5-15,26-28,36H,16-18H2,1-4H3,(H,35,42)(H,37,38,39,40)/t26-,27-,28+,32-/m0/s1. The summed E-state index contributed by atoms with van der Waals surface area (Å²) in [6, 6.07) is 21.8. The maximum Gasteiger partial charge on any atom is 0.237 e. The van der Waals surface area contributed by atoms with E-state index in [1.807, 2.05) is 36.4 Å². The Balaban J connectivity index is 1.49. The van der Waals surface area contributed by atoms with Gasteiger partial charge in [0.2, 0.25) is 11.7 Å². The molecule has 0 saturated carbocycles. The first-order chi connectivity index (χ1) is 20.1. The molecule has 4 aromatic rings. The lowest BCUT2D eigenvalue weighted by atomic mass is 9.63. The number of amides is 1. The molecule has 2 aliphatic heterocycles. The van der Waals surface area contributed by atoms with E-state index >= 15 is 0 Å². The van der Waals surface area contributed by atoms with Crippen LogP contribution < -0.4 is 15.5 Å². The first kappa shape index (κ1) is 28.6. The Bertz CT molecular complexity index is 1590. The molecule has 1 spiro atoms. The molecule has 1 saturated heterocycles. The molecular weight excluding hydrogens is 569 g/mol. The number of H-pyrrole nitrogens is 1. The first-order valence-corrected chi connectivity index (χ1v) is 15.0. The molecule has 1 fully saturated rings. The summed E-state index contributed by atoms with van der Waals surface area (Å²) in [4.78, 5) is 16.0. The van der Waals surface area contributed by atoms with E-state index in [4.69, 9.17) is 23.2 Å². The molecular formula is C32H35Cl2N7O. The van der Waals surface area contributed by atoms with Gasteiger partial charge in [0.1, 0.15) is 0 Å². The summed E-state index contributed by atoms with van der Waals surface area (Å²) in [5.74, 6) is 0.294. The molecule has 0 bridgehead atoms. The summed E-state index contributed by atoms with van der Waals surface area (Å²) in [7, 11) is 1.70. The Hall–Kier alpha value is -3.46. The SMILES string of the molecule is CNC(=O)[C@@H]1N[C@@H](CC(C)(C)C)[C@@]2(CN(Cc3ccc(-c4nn[nH]n4)cc3)c3ccc(Cl)cc32)[C@H]1c1ccccc1Cl. The van der Waals surface area contributed by atoms with E-state index in [1.54, 1.807) is 7.05 Å². The van der Waals surface area contributed by atoms with Gasteiger partial charge in [0.25, 0.3) is 0 Å². The smallest absolute Gasteiger partial charge is 0.237 e. The van der Waals surface area contributed by atoms with Gasteiger partial charge < -0.3 is 15.5 Å². The Morgan fingerprint density at radius 2 is 1.86 bits per heavy atom. The number of hydrogen-bond donors (Lipinski definition) is 3. The predicted octanol–water partition coefficient (Wildman–Crippen LogP) is 5.74. The zero-order valence-corrected chi connectivity index (χ0v) is 25.7. The fourth-order valence-corrected chi connectivity index (χ4v) is 7.43. The van der Waals surface area contributed by atoms with Crippen LogP contribution in [0.25, 0.3) is 11.4 Å². The molecule has 42 heavy (non-hydrogen) atoms. The van der Waals surface area contributed by atoms with E-state index in [-0.39, 0.29) is 23.3 Å². The number of carbonyl (C=O) groups excluding carboxylic acids is 1. The van der Waals surface area contributed by atoms with Crippen LogP contribution in [0, 0.1) is 5.41 Å². The third-order valence-electron chi connectivity index (χ3n) is 8.66. The van der Waals surface area contributed by atoms with Crippen LogP contribution in [0.1, 0.15) is 49.8 Å². The largest absolute Gasteiger partial charge is 0.366 e. The lowest BCUT2D eigenvalue weighted by Crippen LogP contribution is -2.48. The molecule has 10 heteroatoms. The molecule has 6 rings (SSSR count). The van der Waals surface area contributed by atoms with Crippen LogP contribution in [-0.4, -0.2) is 52.2 Å². The van der Waals surface area contributed by atoms with Crippen LogP contribution in [0.2, 0.25) is 10.0 Å². The number of aromatic amines is 1. The van der Waals surface area contributed by atoms with Crippen LogP contribution in [-0.2, 0) is 16.8 Å². The zero-order valence-electron chi connectivity index (χ0n) is 24.2. The summed E-state index contributed by atoms with van der Waals surface area (Å²) in [5.41, 5.74) is 4.82. The number of benzene rings is 3. The van der Waals surface area contributed by atoms with Gasteiger partial charge in [0.05, 0.1) is 6.04 Å². The van der Waals surface area contributed by atoms with Gasteiger partial charge in [-0.2, -0.15) is 5.21 Å². The van der Waals surface area contributed by atoms with Crippen LogP contribution in [0.15, 0.2) is 66.7 Å². The topological polar surface area (TPSA) is 98.8 Å². The molecule has 1 aromatic heterocycles. The van der Waals surface area contributed by atoms with Gasteiger partial charge in [-0.25, -0.2) is 0 Å². The maximum atomic E-state index is 13.6. The highest BCUT2D eigenvalue weighted by molar-refractivity contribution is 6.31. The number of anilines is 1. The van der Waals surface area contributed by atoms with Gasteiger partial charge in [-0.15, -0.1) is 10.2 Å². The predicted molar refractivity (Wildman–Crippen MR) is 167 cm³/mol. The molecule has 0 unspecified atom stereocenters. The molecule has 218 valence electrons. The molecule has 0 aliphatic carbocycles. The van der Waals surface area contributed by atoms with E-state index < -0.39 is 11.5 Å². The molecule has 1 amide bonds. The highest BCUT2D eigenvalue weighted by Crippen LogP contribution is 2.58. The second kappa shape index (κ2) is 11.0. The number of rotatable bonds is 6. The summed E-state index contributed by atoms with van der Waals surface area (Å²) in [5, 5.41) is 22.4. The highest BCUT2D eigenvalue weighted by atomic mass is 35.5. The van der Waals surface area contributed by atoms with Crippen LogP contribution in [0.4, 0.5) is 5.69 Å². The lowest BCUT2D eigenvalue weighted by molar-refractivity contribution is -0.122. The van der Waals surface area contributed by atoms with Crippen molar-refractivity contribution in [1.29, 1.82) is 0 Å². The molecule has 4 atom stereocenters. The summed E-state index contributed by atoms with van der Waals surface area (Å²) in [6.07, 6.45) is 0.862. The van der Waals surface area contributed by atoms with E-state index in [2.05, 4.69) is 87.3 Å². The zero-order chi connectivity index (χ0) is 29.6. The van der Waals surface area contributed by atoms with Gasteiger partial charge in [0, 0.05) is 58.8 Å². The average Bonchev–Trinajstić information content (AvgIpc) is 3.67. The number of nitrogens with zero attached hydrogens (tertiary/aromatic N) is 4. The number of tetrazole rings is 1. The van der Waals surface area contributed by atoms with Gasteiger partial charge in [-0.05, 0) is 58.0 Å². The number of nitrogens with one attached hydrogen (secondary N) is 3.